The number of hydrogen-bond acceptors (Lipinski definition) is 4. The lowest BCUT2D eigenvalue weighted by Crippen LogP contribution is -1.78. The highest BCUT2D eigenvalue weighted by molar-refractivity contribution is 8.31. The van der Waals surface area contributed by atoms with Gasteiger partial charge in [0.25, 0.3) is 0 Å². The topological polar surface area (TPSA) is 68.3 Å². The smallest absolute Gasteiger partial charge is 0.195 e. The van der Waals surface area contributed by atoms with Crippen LogP contribution in [-0.2, 0) is 18.6 Å². The first-order valence-electron chi connectivity index (χ1n) is 3.41. The normalized spacial score (nSPS) is 9.73. The van der Waals surface area contributed by atoms with Crippen LogP contribution in [0.15, 0.2) is 30.3 Å². The minimum Gasteiger partial charge on any atom is -0.195 e. The fraction of sp³-hybridized carbons (Fsp3) is 0. The molecule has 0 aliphatic rings. The van der Waals surface area contributed by atoms with Crippen molar-refractivity contribution in [3.63, 3.8) is 0 Å². The summed E-state index contributed by atoms with van der Waals surface area (Å²) in [6.45, 7) is 0. The van der Waals surface area contributed by atoms with Crippen LogP contribution in [0.4, 0.5) is 0 Å². The van der Waals surface area contributed by atoms with Crippen LogP contribution in [0.5, 0.6) is 0 Å². The minimum atomic E-state index is -3.72. The minimum absolute atomic E-state index is 0.704. The molecule has 0 amide bonds. The van der Waals surface area contributed by atoms with Gasteiger partial charge < -0.3 is 0 Å². The maximum atomic E-state index is 10.1. The third-order valence-corrected chi connectivity index (χ3v) is 1.50. The molecule has 1 aromatic carbocycles. The Kier molecular flexibility index (Phi) is 6.58. The zero-order valence-corrected chi connectivity index (χ0v) is 10.3. The monoisotopic (exact) mass is 288 g/mol. The number of hydrogen-bond donors (Lipinski definition) is 0. The van der Waals surface area contributed by atoms with E-state index in [9.17, 15) is 8.42 Å². The molecular weight excluding hydrogens is 283 g/mol. The van der Waals surface area contributed by atoms with E-state index < -0.39 is 18.6 Å². The maximum absolute atomic E-state index is 10.1. The van der Waals surface area contributed by atoms with Crippen LogP contribution in [-0.4, -0.2) is 22.2 Å². The summed E-state index contributed by atoms with van der Waals surface area (Å²) in [6.07, 6.45) is 0. The quantitative estimate of drug-likeness (QED) is 0.579. The summed E-state index contributed by atoms with van der Waals surface area (Å²) in [4.78, 5) is 0. The Hall–Kier alpha value is -0.560. The number of halogens is 2. The van der Waals surface area contributed by atoms with E-state index in [1.165, 1.54) is 5.37 Å². The van der Waals surface area contributed by atoms with Crippen LogP contribution < -0.4 is 0 Å². The fourth-order valence-electron chi connectivity index (χ4n) is 0.643. The van der Waals surface area contributed by atoms with Crippen molar-refractivity contribution in [3.8, 4) is 0 Å². The van der Waals surface area contributed by atoms with Gasteiger partial charge in [-0.25, -0.2) is 0 Å². The van der Waals surface area contributed by atoms with Gasteiger partial charge >= 0.3 is 8.26 Å². The van der Waals surface area contributed by atoms with E-state index in [4.69, 9.17) is 8.42 Å². The Labute approximate surface area is 97.9 Å². The zero-order valence-electron chi connectivity index (χ0n) is 7.17. The molecule has 0 fully saturated rings. The highest BCUT2D eigenvalue weighted by Gasteiger charge is 1.88. The van der Waals surface area contributed by atoms with Crippen molar-refractivity contribution in [3.05, 3.63) is 35.9 Å². The van der Waals surface area contributed by atoms with Crippen LogP contribution in [0.3, 0.4) is 0 Å². The predicted molar refractivity (Wildman–Crippen MR) is 61.2 cm³/mol. The highest BCUT2D eigenvalue weighted by Crippen LogP contribution is 1.98. The van der Waals surface area contributed by atoms with E-state index in [1.54, 1.807) is 24.3 Å². The van der Waals surface area contributed by atoms with Crippen molar-refractivity contribution < 1.29 is 16.8 Å². The first-order valence-corrected chi connectivity index (χ1v) is 7.68. The molecule has 84 valence electrons. The first-order chi connectivity index (χ1) is 6.79. The predicted octanol–water partition coefficient (Wildman–Crippen LogP) is 1.42. The van der Waals surface area contributed by atoms with Gasteiger partial charge in [0.15, 0.2) is 0 Å². The Bertz CT molecular complexity index is 503. The highest BCUT2D eigenvalue weighted by atomic mass is 36.0. The molecule has 0 radical (unpaired) electrons. The van der Waals surface area contributed by atoms with Crippen molar-refractivity contribution in [1.29, 1.82) is 0 Å². The van der Waals surface area contributed by atoms with Gasteiger partial charge in [0.2, 0.25) is 10.3 Å². The van der Waals surface area contributed by atoms with E-state index in [-0.39, 0.29) is 0 Å². The van der Waals surface area contributed by atoms with Gasteiger partial charge in [-0.2, -0.15) is 16.8 Å². The Morgan fingerprint density at radius 3 is 1.80 bits per heavy atom. The molecule has 0 saturated carbocycles. The fourth-order valence-corrected chi connectivity index (χ4v) is 1.02. The third-order valence-electron chi connectivity index (χ3n) is 1.03. The molecule has 0 unspecified atom stereocenters. The van der Waals surface area contributed by atoms with Crippen LogP contribution in [0.1, 0.15) is 5.56 Å². The largest absolute Gasteiger partial charge is 0.317 e. The lowest BCUT2D eigenvalue weighted by atomic mass is 10.2. The summed E-state index contributed by atoms with van der Waals surface area (Å²) >= 11 is 0. The third kappa shape index (κ3) is 13.4. The molecule has 0 aliphatic carbocycles. The van der Waals surface area contributed by atoms with Gasteiger partial charge in [0, 0.05) is 21.4 Å². The van der Waals surface area contributed by atoms with Crippen LogP contribution >= 0.6 is 21.4 Å². The summed E-state index contributed by atoms with van der Waals surface area (Å²) in [6, 6.07) is 8.88. The molecule has 0 N–H and O–H groups in total. The standard InChI is InChI=1S/C7H6O2S.Cl2O2S/c8-10(9)6-7-4-2-1-3-5-7;1-5(2,3)4/h1-6H;. The molecule has 15 heavy (non-hydrogen) atoms. The molecule has 0 aromatic heterocycles. The second-order valence-electron chi connectivity index (χ2n) is 2.17. The Balaban J connectivity index is 0.000000336. The van der Waals surface area contributed by atoms with Gasteiger partial charge in [-0.3, -0.25) is 0 Å². The second-order valence-corrected chi connectivity index (χ2v) is 6.59. The SMILES string of the molecule is O=S(=O)(Cl)Cl.O=S(=O)=Cc1ccccc1. The van der Waals surface area contributed by atoms with Gasteiger partial charge in [-0.1, -0.05) is 30.3 Å². The van der Waals surface area contributed by atoms with E-state index >= 15 is 0 Å². The molecule has 4 nitrogen and oxygen atoms in total. The number of rotatable bonds is 1. The molecule has 1 aromatic rings. The second kappa shape index (κ2) is 6.84. The molecule has 1 rings (SSSR count). The van der Waals surface area contributed by atoms with Gasteiger partial charge in [0.1, 0.15) is 0 Å². The molecule has 0 bridgehead atoms. The van der Waals surface area contributed by atoms with Crippen molar-refractivity contribution in [2.45, 2.75) is 0 Å². The van der Waals surface area contributed by atoms with E-state index in [1.807, 2.05) is 6.07 Å². The molecule has 0 spiro atoms. The van der Waals surface area contributed by atoms with Crippen molar-refractivity contribution in [1.82, 2.24) is 0 Å². The summed E-state index contributed by atoms with van der Waals surface area (Å²) in [5, 5.41) is 1.17. The lowest BCUT2D eigenvalue weighted by molar-refractivity contribution is 0.621. The lowest BCUT2D eigenvalue weighted by Gasteiger charge is -1.83. The summed E-state index contributed by atoms with van der Waals surface area (Å²) < 4.78 is 38.6. The summed E-state index contributed by atoms with van der Waals surface area (Å²) in [5.41, 5.74) is 0.704. The van der Waals surface area contributed by atoms with Gasteiger partial charge in [-0.05, 0) is 5.56 Å². The molecular formula is C7H6Cl2O4S2. The number of benzene rings is 1. The molecule has 0 saturated heterocycles. The molecule has 0 heterocycles. The average Bonchev–Trinajstić information content (AvgIpc) is 2.01. The summed E-state index contributed by atoms with van der Waals surface area (Å²) in [7, 11) is 2.72. The van der Waals surface area contributed by atoms with E-state index in [0.29, 0.717) is 5.56 Å². The zero-order chi connectivity index (χ0) is 11.9. The van der Waals surface area contributed by atoms with Crippen molar-refractivity contribution in [2.75, 3.05) is 0 Å². The maximum Gasteiger partial charge on any atom is 0.317 e. The molecule has 0 aliphatic heterocycles. The molecule has 0 atom stereocenters. The van der Waals surface area contributed by atoms with Crippen LogP contribution in [0.25, 0.3) is 0 Å². The van der Waals surface area contributed by atoms with Gasteiger partial charge in [0.05, 0.1) is 5.37 Å². The first kappa shape index (κ1) is 14.4. The average molecular weight is 289 g/mol. The van der Waals surface area contributed by atoms with Crippen molar-refractivity contribution in [2.24, 2.45) is 0 Å². The van der Waals surface area contributed by atoms with E-state index in [0.717, 1.165) is 0 Å². The van der Waals surface area contributed by atoms with Gasteiger partial charge in [-0.15, -0.1) is 0 Å². The van der Waals surface area contributed by atoms with Crippen LogP contribution in [0.2, 0.25) is 0 Å². The van der Waals surface area contributed by atoms with Crippen molar-refractivity contribution >= 4 is 45.3 Å². The van der Waals surface area contributed by atoms with E-state index in [2.05, 4.69) is 21.4 Å². The summed E-state index contributed by atoms with van der Waals surface area (Å²) in [5.74, 6) is 0. The van der Waals surface area contributed by atoms with Crippen LogP contribution in [0, 0.1) is 0 Å². The Morgan fingerprint density at radius 1 is 1.07 bits per heavy atom. The Morgan fingerprint density at radius 2 is 1.47 bits per heavy atom. The molecule has 8 heteroatoms.